The highest BCUT2D eigenvalue weighted by molar-refractivity contribution is 5.78. The van der Waals surface area contributed by atoms with E-state index in [4.69, 9.17) is 9.47 Å². The van der Waals surface area contributed by atoms with E-state index < -0.39 is 47.1 Å². The Morgan fingerprint density at radius 3 is 1.54 bits per heavy atom. The van der Waals surface area contributed by atoms with Gasteiger partial charge in [-0.25, -0.2) is 26.3 Å². The summed E-state index contributed by atoms with van der Waals surface area (Å²) < 4.78 is 99.8. The normalized spacial score (nSPS) is 10.5. The fourth-order valence-electron chi connectivity index (χ4n) is 3.12. The van der Waals surface area contributed by atoms with Crippen molar-refractivity contribution < 1.29 is 45.3 Å². The molecular formula is C25H23F7O3. The van der Waals surface area contributed by atoms with Gasteiger partial charge in [0.05, 0.1) is 24.3 Å². The Hall–Kier alpha value is -3.43. The van der Waals surface area contributed by atoms with Gasteiger partial charge in [-0.15, -0.1) is 0 Å². The van der Waals surface area contributed by atoms with Crippen molar-refractivity contribution in [2.75, 3.05) is 13.2 Å². The first kappa shape index (κ1) is 27.8. The van der Waals surface area contributed by atoms with Crippen LogP contribution in [0.4, 0.5) is 30.9 Å². The minimum Gasteiger partial charge on any atom is -0.493 e. The Labute approximate surface area is 198 Å². The highest BCUT2D eigenvalue weighted by Gasteiger charge is 2.19. The van der Waals surface area contributed by atoms with E-state index in [1.807, 2.05) is 32.9 Å². The van der Waals surface area contributed by atoms with Crippen molar-refractivity contribution in [2.24, 2.45) is 0 Å². The second-order valence-corrected chi connectivity index (χ2v) is 7.02. The number of halogens is 7. The first-order valence-electron chi connectivity index (χ1n) is 10.6. The summed E-state index contributed by atoms with van der Waals surface area (Å²) in [6, 6.07) is 6.70. The molecule has 0 atom stereocenters. The van der Waals surface area contributed by atoms with Crippen molar-refractivity contribution in [3.63, 3.8) is 0 Å². The molecular weight excluding hydrogens is 481 g/mol. The molecule has 0 aliphatic heterocycles. The Morgan fingerprint density at radius 2 is 1.17 bits per heavy atom. The van der Waals surface area contributed by atoms with Crippen LogP contribution < -0.4 is 14.4 Å². The maximum Gasteiger partial charge on any atom is 0.194 e. The molecule has 0 radical (unpaired) electrons. The summed E-state index contributed by atoms with van der Waals surface area (Å²) in [5.74, 6) is -6.18. The van der Waals surface area contributed by atoms with E-state index in [0.717, 1.165) is 24.1 Å². The molecule has 0 aliphatic rings. The van der Waals surface area contributed by atoms with Crippen molar-refractivity contribution in [1.82, 2.24) is 0 Å². The van der Waals surface area contributed by atoms with Crippen LogP contribution in [0, 0.1) is 29.1 Å². The van der Waals surface area contributed by atoms with Gasteiger partial charge in [0.2, 0.25) is 0 Å². The van der Waals surface area contributed by atoms with Gasteiger partial charge in [-0.2, -0.15) is 0 Å². The summed E-state index contributed by atoms with van der Waals surface area (Å²) in [7, 11) is 0. The largest absolute Gasteiger partial charge is 0.493 e. The Morgan fingerprint density at radius 1 is 0.686 bits per heavy atom. The molecule has 0 fully saturated rings. The third-order valence-corrected chi connectivity index (χ3v) is 4.74. The lowest BCUT2D eigenvalue weighted by molar-refractivity contribution is -0.00711. The van der Waals surface area contributed by atoms with Crippen LogP contribution >= 0.6 is 0 Å². The number of aryl methyl sites for hydroxylation is 1. The molecule has 3 nitrogen and oxygen atoms in total. The van der Waals surface area contributed by atoms with E-state index in [1.54, 1.807) is 0 Å². The number of ether oxygens (including phenoxy) is 2. The van der Waals surface area contributed by atoms with Gasteiger partial charge in [0.15, 0.2) is 23.2 Å². The third-order valence-electron chi connectivity index (χ3n) is 4.74. The van der Waals surface area contributed by atoms with Crippen LogP contribution in [0.2, 0.25) is 0 Å². The van der Waals surface area contributed by atoms with Crippen LogP contribution in [0.3, 0.4) is 0 Å². The van der Waals surface area contributed by atoms with Crippen molar-refractivity contribution in [2.45, 2.75) is 33.9 Å². The molecule has 3 aromatic rings. The second-order valence-electron chi connectivity index (χ2n) is 7.02. The summed E-state index contributed by atoms with van der Waals surface area (Å²) in [5.41, 5.74) is 1.16. The SMILES string of the molecule is CCOc1cc(CC)cc(OCC)c1-c1cc(F)c(CF)c(F)c1.FOc1cc(F)c(F)c(F)c1. The Balaban J connectivity index is 0.000000328. The summed E-state index contributed by atoms with van der Waals surface area (Å²) in [6.07, 6.45) is 0.768. The Kier molecular flexibility index (Phi) is 10.2. The molecule has 10 heteroatoms. The highest BCUT2D eigenvalue weighted by Crippen LogP contribution is 2.41. The summed E-state index contributed by atoms with van der Waals surface area (Å²) >= 11 is 0. The van der Waals surface area contributed by atoms with Gasteiger partial charge < -0.3 is 9.47 Å². The maximum atomic E-state index is 14.0. The minimum atomic E-state index is -1.65. The first-order valence-corrected chi connectivity index (χ1v) is 10.6. The minimum absolute atomic E-state index is 0.261. The molecule has 3 rings (SSSR count). The van der Waals surface area contributed by atoms with Crippen LogP contribution in [-0.4, -0.2) is 13.2 Å². The van der Waals surface area contributed by atoms with E-state index in [9.17, 15) is 30.9 Å². The van der Waals surface area contributed by atoms with Gasteiger partial charge in [-0.3, -0.25) is 4.94 Å². The van der Waals surface area contributed by atoms with Gasteiger partial charge in [-0.05, 0) is 55.7 Å². The molecule has 0 heterocycles. The molecule has 0 aromatic heterocycles. The van der Waals surface area contributed by atoms with Gasteiger partial charge in [0.1, 0.15) is 29.8 Å². The standard InChI is InChI=1S/C19H21F3O2.C6H2F4O/c1-4-12-7-17(23-5-2)19(18(8-12)24-6-3)13-9-15(21)14(11-20)16(22)10-13;7-4-1-3(11-10)2-5(8)6(4)9/h7-10H,4-6,11H2,1-3H3;1-2H. The zero-order chi connectivity index (χ0) is 26.1. The smallest absolute Gasteiger partial charge is 0.194 e. The number of rotatable bonds is 8. The molecule has 0 spiro atoms. The summed E-state index contributed by atoms with van der Waals surface area (Å²) in [6.45, 7) is 5.27. The van der Waals surface area contributed by atoms with Crippen LogP contribution in [0.1, 0.15) is 31.9 Å². The van der Waals surface area contributed by atoms with Gasteiger partial charge >= 0.3 is 0 Å². The van der Waals surface area contributed by atoms with Gasteiger partial charge in [0.25, 0.3) is 0 Å². The fourth-order valence-corrected chi connectivity index (χ4v) is 3.12. The zero-order valence-electron chi connectivity index (χ0n) is 19.2. The highest BCUT2D eigenvalue weighted by atomic mass is 19.3. The lowest BCUT2D eigenvalue weighted by atomic mass is 9.98. The summed E-state index contributed by atoms with van der Waals surface area (Å²) in [4.78, 5) is 2.98. The van der Waals surface area contributed by atoms with Crippen molar-refractivity contribution in [3.8, 4) is 28.4 Å². The zero-order valence-corrected chi connectivity index (χ0v) is 19.2. The lowest BCUT2D eigenvalue weighted by Crippen LogP contribution is -2.02. The number of hydrogen-bond donors (Lipinski definition) is 0. The molecule has 0 saturated carbocycles. The quantitative estimate of drug-likeness (QED) is 0.231. The van der Waals surface area contributed by atoms with E-state index >= 15 is 0 Å². The van der Waals surface area contributed by atoms with Crippen LogP contribution in [-0.2, 0) is 13.1 Å². The van der Waals surface area contributed by atoms with E-state index in [0.29, 0.717) is 42.4 Å². The molecule has 190 valence electrons. The number of benzene rings is 3. The topological polar surface area (TPSA) is 27.7 Å². The predicted octanol–water partition coefficient (Wildman–Crippen LogP) is 7.83. The molecule has 0 N–H and O–H groups in total. The number of hydrogen-bond acceptors (Lipinski definition) is 3. The molecule has 0 bridgehead atoms. The average molecular weight is 504 g/mol. The van der Waals surface area contributed by atoms with E-state index in [-0.39, 0.29) is 5.56 Å². The predicted molar refractivity (Wildman–Crippen MR) is 116 cm³/mol. The van der Waals surface area contributed by atoms with Crippen LogP contribution in [0.15, 0.2) is 36.4 Å². The fraction of sp³-hybridized carbons (Fsp3) is 0.280. The maximum absolute atomic E-state index is 14.0. The van der Waals surface area contributed by atoms with E-state index in [1.165, 1.54) is 0 Å². The van der Waals surface area contributed by atoms with Crippen LogP contribution in [0.25, 0.3) is 11.1 Å². The summed E-state index contributed by atoms with van der Waals surface area (Å²) in [5, 5.41) is 0. The molecule has 3 aromatic carbocycles. The Bertz CT molecular complexity index is 1080. The van der Waals surface area contributed by atoms with Crippen molar-refractivity contribution in [3.05, 3.63) is 76.6 Å². The molecule has 0 aliphatic carbocycles. The molecule has 0 saturated heterocycles. The van der Waals surface area contributed by atoms with Crippen LogP contribution in [0.5, 0.6) is 17.2 Å². The van der Waals surface area contributed by atoms with Crippen molar-refractivity contribution in [1.29, 1.82) is 0 Å². The average Bonchev–Trinajstić information content (AvgIpc) is 2.82. The third kappa shape index (κ3) is 6.80. The van der Waals surface area contributed by atoms with Crippen molar-refractivity contribution >= 4 is 0 Å². The van der Waals surface area contributed by atoms with Gasteiger partial charge in [0, 0.05) is 16.7 Å². The van der Waals surface area contributed by atoms with Gasteiger partial charge in [-0.1, -0.05) is 6.92 Å². The number of alkyl halides is 1. The second kappa shape index (κ2) is 12.9. The first-order chi connectivity index (χ1) is 16.7. The monoisotopic (exact) mass is 504 g/mol. The van der Waals surface area contributed by atoms with E-state index in [2.05, 4.69) is 4.94 Å². The lowest BCUT2D eigenvalue weighted by Gasteiger charge is -2.18. The molecule has 0 unspecified atom stereocenters. The molecule has 0 amide bonds. The molecule has 35 heavy (non-hydrogen) atoms.